The van der Waals surface area contributed by atoms with Crippen LogP contribution in [0.4, 0.5) is 0 Å². The molecule has 1 aromatic carbocycles. The van der Waals surface area contributed by atoms with Crippen LogP contribution in [0.2, 0.25) is 5.02 Å². The van der Waals surface area contributed by atoms with Crippen LogP contribution < -0.4 is 4.74 Å². The van der Waals surface area contributed by atoms with Gasteiger partial charge >= 0.3 is 5.97 Å². The lowest BCUT2D eigenvalue weighted by atomic mass is 10.00. The maximum absolute atomic E-state index is 11.8. The number of hydrogen-bond donors (Lipinski definition) is 0. The van der Waals surface area contributed by atoms with Gasteiger partial charge < -0.3 is 9.47 Å². The molecule has 0 spiro atoms. The zero-order valence-electron chi connectivity index (χ0n) is 11.1. The summed E-state index contributed by atoms with van der Waals surface area (Å²) in [6.45, 7) is 2.14. The summed E-state index contributed by atoms with van der Waals surface area (Å²) in [6.07, 6.45) is 4.05. The largest absolute Gasteiger partial charge is 0.496 e. The second kappa shape index (κ2) is 7.27. The Morgan fingerprint density at radius 1 is 1.28 bits per heavy atom. The van der Waals surface area contributed by atoms with Crippen LogP contribution in [-0.2, 0) is 11.2 Å². The number of benzene rings is 1. The Morgan fingerprint density at radius 3 is 2.56 bits per heavy atom. The Hall–Kier alpha value is -1.22. The summed E-state index contributed by atoms with van der Waals surface area (Å²) in [5.74, 6) is 0.279. The van der Waals surface area contributed by atoms with E-state index in [1.807, 2.05) is 0 Å². The molecule has 4 heteroatoms. The summed E-state index contributed by atoms with van der Waals surface area (Å²) in [4.78, 5) is 11.8. The predicted octanol–water partition coefficient (Wildman–Crippen LogP) is 3.87. The third-order valence-electron chi connectivity index (χ3n) is 2.83. The molecule has 0 aliphatic heterocycles. The molecule has 0 unspecified atom stereocenters. The molecule has 0 aliphatic rings. The minimum atomic E-state index is -0.373. The third kappa shape index (κ3) is 3.64. The van der Waals surface area contributed by atoms with E-state index in [-0.39, 0.29) is 5.97 Å². The Morgan fingerprint density at radius 2 is 2.00 bits per heavy atom. The van der Waals surface area contributed by atoms with Crippen LogP contribution in [0.3, 0.4) is 0 Å². The van der Waals surface area contributed by atoms with E-state index in [2.05, 4.69) is 6.92 Å². The van der Waals surface area contributed by atoms with Crippen molar-refractivity contribution in [2.45, 2.75) is 32.6 Å². The molecule has 3 nitrogen and oxygen atoms in total. The molecule has 0 radical (unpaired) electrons. The first-order valence-corrected chi connectivity index (χ1v) is 6.46. The number of hydrogen-bond acceptors (Lipinski definition) is 3. The van der Waals surface area contributed by atoms with E-state index in [1.54, 1.807) is 19.2 Å². The van der Waals surface area contributed by atoms with Gasteiger partial charge in [-0.05, 0) is 25.0 Å². The first kappa shape index (κ1) is 14.8. The van der Waals surface area contributed by atoms with Gasteiger partial charge in [0, 0.05) is 10.6 Å². The Labute approximate surface area is 113 Å². The minimum Gasteiger partial charge on any atom is -0.496 e. The van der Waals surface area contributed by atoms with Crippen LogP contribution >= 0.6 is 11.6 Å². The zero-order valence-corrected chi connectivity index (χ0v) is 11.8. The lowest BCUT2D eigenvalue weighted by Crippen LogP contribution is -2.07. The van der Waals surface area contributed by atoms with E-state index in [0.717, 1.165) is 31.2 Å². The van der Waals surface area contributed by atoms with Gasteiger partial charge in [0.25, 0.3) is 0 Å². The molecule has 1 aromatic rings. The number of methoxy groups -OCH3 is 2. The van der Waals surface area contributed by atoms with Gasteiger partial charge in [0.05, 0.1) is 19.8 Å². The topological polar surface area (TPSA) is 35.5 Å². The Balaban J connectivity index is 3.11. The molecule has 0 saturated carbocycles. The average Bonchev–Trinajstić information content (AvgIpc) is 2.38. The third-order valence-corrected chi connectivity index (χ3v) is 3.05. The van der Waals surface area contributed by atoms with Gasteiger partial charge in [-0.25, -0.2) is 4.79 Å². The number of rotatable bonds is 6. The minimum absolute atomic E-state index is 0.373. The molecule has 0 aromatic heterocycles. The fourth-order valence-electron chi connectivity index (χ4n) is 1.90. The fourth-order valence-corrected chi connectivity index (χ4v) is 2.10. The summed E-state index contributed by atoms with van der Waals surface area (Å²) < 4.78 is 10.1. The molecule has 0 atom stereocenters. The van der Waals surface area contributed by atoms with Crippen molar-refractivity contribution >= 4 is 17.6 Å². The smallest absolute Gasteiger partial charge is 0.338 e. The van der Waals surface area contributed by atoms with Gasteiger partial charge in [0.15, 0.2) is 0 Å². The maximum atomic E-state index is 11.8. The van der Waals surface area contributed by atoms with E-state index in [9.17, 15) is 4.79 Å². The summed E-state index contributed by atoms with van der Waals surface area (Å²) in [7, 11) is 2.95. The van der Waals surface area contributed by atoms with Gasteiger partial charge in [-0.3, -0.25) is 0 Å². The number of esters is 1. The number of ether oxygens (including phenoxy) is 2. The Bertz CT molecular complexity index is 416. The van der Waals surface area contributed by atoms with Crippen molar-refractivity contribution in [3.8, 4) is 5.75 Å². The second-order valence-corrected chi connectivity index (χ2v) is 4.52. The van der Waals surface area contributed by atoms with Crippen molar-refractivity contribution in [1.82, 2.24) is 0 Å². The van der Waals surface area contributed by atoms with Crippen LogP contribution in [0.25, 0.3) is 0 Å². The maximum Gasteiger partial charge on any atom is 0.338 e. The monoisotopic (exact) mass is 270 g/mol. The number of carbonyl (C=O) groups excluding carboxylic acids is 1. The van der Waals surface area contributed by atoms with Crippen LogP contribution in [-0.4, -0.2) is 20.2 Å². The fraction of sp³-hybridized carbons (Fsp3) is 0.500. The van der Waals surface area contributed by atoms with Crippen molar-refractivity contribution in [2.24, 2.45) is 0 Å². The highest BCUT2D eigenvalue weighted by molar-refractivity contribution is 6.31. The van der Waals surface area contributed by atoms with Gasteiger partial charge in [0.1, 0.15) is 5.75 Å². The highest BCUT2D eigenvalue weighted by Gasteiger charge is 2.17. The molecule has 0 heterocycles. The van der Waals surface area contributed by atoms with Crippen LogP contribution in [0.15, 0.2) is 12.1 Å². The van der Waals surface area contributed by atoms with Gasteiger partial charge in [-0.15, -0.1) is 0 Å². The highest BCUT2D eigenvalue weighted by atomic mass is 35.5. The summed E-state index contributed by atoms with van der Waals surface area (Å²) in [6, 6.07) is 3.37. The lowest BCUT2D eigenvalue weighted by Gasteiger charge is -2.13. The molecule has 1 rings (SSSR count). The summed E-state index contributed by atoms with van der Waals surface area (Å²) in [5, 5.41) is 0.478. The van der Waals surface area contributed by atoms with E-state index < -0.39 is 0 Å². The standard InChI is InChI=1S/C14H19ClO3/c1-4-5-6-7-11-12(14(16)18-3)8-10(15)9-13(11)17-2/h8-9H,4-7H2,1-3H3. The first-order chi connectivity index (χ1) is 8.63. The average molecular weight is 271 g/mol. The van der Waals surface area contributed by atoms with Crippen molar-refractivity contribution < 1.29 is 14.3 Å². The van der Waals surface area contributed by atoms with Crippen molar-refractivity contribution in [3.63, 3.8) is 0 Å². The van der Waals surface area contributed by atoms with E-state index >= 15 is 0 Å². The van der Waals surface area contributed by atoms with Crippen LogP contribution in [0, 0.1) is 0 Å². The quantitative estimate of drug-likeness (QED) is 0.581. The van der Waals surface area contributed by atoms with Crippen molar-refractivity contribution in [3.05, 3.63) is 28.3 Å². The normalized spacial score (nSPS) is 10.2. The molecule has 0 amide bonds. The Kier molecular flexibility index (Phi) is 5.99. The predicted molar refractivity (Wildman–Crippen MR) is 72.6 cm³/mol. The van der Waals surface area contributed by atoms with E-state index in [1.165, 1.54) is 7.11 Å². The first-order valence-electron chi connectivity index (χ1n) is 6.08. The summed E-state index contributed by atoms with van der Waals surface area (Å²) >= 11 is 5.98. The lowest BCUT2D eigenvalue weighted by molar-refractivity contribution is 0.0599. The molecule has 0 saturated heterocycles. The molecule has 0 N–H and O–H groups in total. The molecule has 100 valence electrons. The van der Waals surface area contributed by atoms with E-state index in [0.29, 0.717) is 16.3 Å². The number of unbranched alkanes of at least 4 members (excludes halogenated alkanes) is 2. The highest BCUT2D eigenvalue weighted by Crippen LogP contribution is 2.29. The molecular weight excluding hydrogens is 252 g/mol. The number of halogens is 1. The van der Waals surface area contributed by atoms with E-state index in [4.69, 9.17) is 21.1 Å². The van der Waals surface area contributed by atoms with Crippen molar-refractivity contribution in [1.29, 1.82) is 0 Å². The zero-order chi connectivity index (χ0) is 13.5. The molecular formula is C14H19ClO3. The SMILES string of the molecule is CCCCCc1c(OC)cc(Cl)cc1C(=O)OC. The van der Waals surface area contributed by atoms with Crippen LogP contribution in [0.5, 0.6) is 5.75 Å². The molecule has 0 aliphatic carbocycles. The molecule has 18 heavy (non-hydrogen) atoms. The summed E-state index contributed by atoms with van der Waals surface area (Å²) in [5.41, 5.74) is 1.38. The van der Waals surface area contributed by atoms with Gasteiger partial charge in [0.2, 0.25) is 0 Å². The van der Waals surface area contributed by atoms with Gasteiger partial charge in [-0.2, -0.15) is 0 Å². The second-order valence-electron chi connectivity index (χ2n) is 4.08. The van der Waals surface area contributed by atoms with Crippen LogP contribution in [0.1, 0.15) is 42.1 Å². The van der Waals surface area contributed by atoms with Gasteiger partial charge in [-0.1, -0.05) is 31.4 Å². The number of carbonyl (C=O) groups is 1. The molecule has 0 bridgehead atoms. The van der Waals surface area contributed by atoms with Crippen molar-refractivity contribution in [2.75, 3.05) is 14.2 Å². The molecule has 0 fully saturated rings.